The number of carbonyl (C=O) groups is 1. The summed E-state index contributed by atoms with van der Waals surface area (Å²) in [4.78, 5) is 21.8. The number of rotatable bonds is 9. The van der Waals surface area contributed by atoms with Gasteiger partial charge in [-0.25, -0.2) is 23.7 Å². The Kier molecular flexibility index (Phi) is 8.81. The van der Waals surface area contributed by atoms with Crippen LogP contribution in [0.3, 0.4) is 0 Å². The van der Waals surface area contributed by atoms with Gasteiger partial charge in [0.2, 0.25) is 5.95 Å². The number of benzene rings is 2. The Morgan fingerprint density at radius 1 is 1.05 bits per heavy atom. The number of amides is 1. The summed E-state index contributed by atoms with van der Waals surface area (Å²) in [6.07, 6.45) is 7.85. The van der Waals surface area contributed by atoms with Crippen molar-refractivity contribution in [1.29, 1.82) is 0 Å². The van der Waals surface area contributed by atoms with E-state index in [1.54, 1.807) is 18.3 Å². The van der Waals surface area contributed by atoms with Crippen LogP contribution in [0.25, 0.3) is 16.8 Å². The van der Waals surface area contributed by atoms with Gasteiger partial charge in [0.25, 0.3) is 0 Å². The van der Waals surface area contributed by atoms with Crippen molar-refractivity contribution >= 4 is 17.6 Å². The van der Waals surface area contributed by atoms with Gasteiger partial charge in [-0.2, -0.15) is 0 Å². The SMILES string of the molecule is CC(C)(C)OC(=O)N[C@H]1CC[C@H](Cc2nc(-c3ccc(F)cc3)c3cnc(NCCCc4ccccc4)nn23)CC1. The predicted molar refractivity (Wildman–Crippen MR) is 158 cm³/mol. The Bertz CT molecular complexity index is 1440. The minimum Gasteiger partial charge on any atom is -0.444 e. The van der Waals surface area contributed by atoms with Crippen LogP contribution in [0.4, 0.5) is 15.1 Å². The highest BCUT2D eigenvalue weighted by Gasteiger charge is 2.27. The molecule has 1 amide bonds. The van der Waals surface area contributed by atoms with Crippen molar-refractivity contribution in [3.05, 3.63) is 78.0 Å². The molecule has 2 aromatic carbocycles. The molecular weight excluding hydrogens is 519 g/mol. The lowest BCUT2D eigenvalue weighted by Crippen LogP contribution is -2.41. The van der Waals surface area contributed by atoms with Crippen molar-refractivity contribution in [2.24, 2.45) is 5.92 Å². The maximum absolute atomic E-state index is 13.6. The summed E-state index contributed by atoms with van der Waals surface area (Å²) in [5.74, 6) is 1.54. The number of nitrogens with one attached hydrogen (secondary N) is 2. The van der Waals surface area contributed by atoms with E-state index >= 15 is 0 Å². The molecule has 8 nitrogen and oxygen atoms in total. The van der Waals surface area contributed by atoms with Crippen LogP contribution in [-0.4, -0.2) is 43.9 Å². The Morgan fingerprint density at radius 2 is 1.78 bits per heavy atom. The molecule has 0 atom stereocenters. The molecule has 0 spiro atoms. The number of imidazole rings is 1. The number of fused-ring (bicyclic) bond motifs is 1. The smallest absolute Gasteiger partial charge is 0.407 e. The van der Waals surface area contributed by atoms with E-state index in [0.717, 1.165) is 74.1 Å². The largest absolute Gasteiger partial charge is 0.444 e. The second kappa shape index (κ2) is 12.7. The molecule has 0 bridgehead atoms. The summed E-state index contributed by atoms with van der Waals surface area (Å²) < 4.78 is 20.9. The van der Waals surface area contributed by atoms with Crippen molar-refractivity contribution in [1.82, 2.24) is 24.9 Å². The first-order valence-corrected chi connectivity index (χ1v) is 14.5. The average Bonchev–Trinajstić information content (AvgIpc) is 3.29. The van der Waals surface area contributed by atoms with Gasteiger partial charge in [-0.1, -0.05) is 30.3 Å². The minimum absolute atomic E-state index is 0.113. The maximum Gasteiger partial charge on any atom is 0.407 e. The number of nitrogens with zero attached hydrogens (tertiary/aromatic N) is 4. The third-order valence-corrected chi connectivity index (χ3v) is 7.38. The summed E-state index contributed by atoms with van der Waals surface area (Å²) in [7, 11) is 0. The zero-order chi connectivity index (χ0) is 28.8. The minimum atomic E-state index is -0.511. The number of ether oxygens (including phenoxy) is 1. The summed E-state index contributed by atoms with van der Waals surface area (Å²) in [5, 5.41) is 11.2. The van der Waals surface area contributed by atoms with Crippen LogP contribution in [0.5, 0.6) is 0 Å². The Hall–Kier alpha value is -4.01. The number of hydrogen-bond acceptors (Lipinski definition) is 6. The number of aromatic nitrogens is 4. The second-order valence-electron chi connectivity index (χ2n) is 11.8. The molecule has 2 aromatic heterocycles. The molecule has 1 aliphatic carbocycles. The lowest BCUT2D eigenvalue weighted by Gasteiger charge is -2.29. The molecule has 1 aliphatic rings. The number of hydrogen-bond donors (Lipinski definition) is 2. The molecular formula is C32H39FN6O2. The van der Waals surface area contributed by atoms with Crippen LogP contribution in [0, 0.1) is 11.7 Å². The van der Waals surface area contributed by atoms with Crippen molar-refractivity contribution in [2.75, 3.05) is 11.9 Å². The van der Waals surface area contributed by atoms with Crippen molar-refractivity contribution in [3.63, 3.8) is 0 Å². The lowest BCUT2D eigenvalue weighted by atomic mass is 9.84. The third kappa shape index (κ3) is 7.80. The van der Waals surface area contributed by atoms with E-state index in [9.17, 15) is 9.18 Å². The fourth-order valence-corrected chi connectivity index (χ4v) is 5.36. The average molecular weight is 559 g/mol. The van der Waals surface area contributed by atoms with Gasteiger partial charge < -0.3 is 15.4 Å². The summed E-state index contributed by atoms with van der Waals surface area (Å²) in [6.45, 7) is 6.36. The highest BCUT2D eigenvalue weighted by molar-refractivity contribution is 5.77. The first-order chi connectivity index (χ1) is 19.7. The highest BCUT2D eigenvalue weighted by Crippen LogP contribution is 2.30. The van der Waals surface area contributed by atoms with E-state index in [2.05, 4.69) is 39.9 Å². The summed E-state index contributed by atoms with van der Waals surface area (Å²) in [6, 6.07) is 16.9. The van der Waals surface area contributed by atoms with Crippen molar-refractivity contribution in [3.8, 4) is 11.3 Å². The van der Waals surface area contributed by atoms with Gasteiger partial charge in [-0.05, 0) is 95.0 Å². The zero-order valence-electron chi connectivity index (χ0n) is 24.1. The lowest BCUT2D eigenvalue weighted by molar-refractivity contribution is 0.0487. The van der Waals surface area contributed by atoms with Gasteiger partial charge in [0, 0.05) is 24.6 Å². The van der Waals surface area contributed by atoms with Crippen LogP contribution in [0.15, 0.2) is 60.8 Å². The number of carbonyl (C=O) groups excluding carboxylic acids is 1. The molecule has 0 unspecified atom stereocenters. The molecule has 41 heavy (non-hydrogen) atoms. The second-order valence-corrected chi connectivity index (χ2v) is 11.8. The van der Waals surface area contributed by atoms with Crippen LogP contribution in [0.1, 0.15) is 64.3 Å². The summed E-state index contributed by atoms with van der Waals surface area (Å²) in [5.41, 5.74) is 3.16. The van der Waals surface area contributed by atoms with E-state index in [1.165, 1.54) is 17.7 Å². The van der Waals surface area contributed by atoms with E-state index in [4.69, 9.17) is 14.8 Å². The van der Waals surface area contributed by atoms with Gasteiger partial charge in [0.1, 0.15) is 22.8 Å². The highest BCUT2D eigenvalue weighted by atomic mass is 19.1. The number of halogens is 1. The van der Waals surface area contributed by atoms with Crippen LogP contribution >= 0.6 is 0 Å². The Labute approximate surface area is 240 Å². The number of alkyl carbamates (subject to hydrolysis) is 1. The van der Waals surface area contributed by atoms with Crippen LogP contribution in [-0.2, 0) is 17.6 Å². The summed E-state index contributed by atoms with van der Waals surface area (Å²) >= 11 is 0. The molecule has 2 N–H and O–H groups in total. The van der Waals surface area contributed by atoms with Gasteiger partial charge in [-0.15, -0.1) is 5.10 Å². The number of anilines is 1. The van der Waals surface area contributed by atoms with Crippen molar-refractivity contribution < 1.29 is 13.9 Å². The van der Waals surface area contributed by atoms with Crippen molar-refractivity contribution in [2.45, 2.75) is 77.4 Å². The third-order valence-electron chi connectivity index (χ3n) is 7.38. The zero-order valence-corrected chi connectivity index (χ0v) is 24.1. The fraction of sp³-hybridized carbons (Fsp3) is 0.438. The quantitative estimate of drug-likeness (QED) is 0.225. The molecule has 5 rings (SSSR count). The van der Waals surface area contributed by atoms with E-state index in [-0.39, 0.29) is 18.0 Å². The fourth-order valence-electron chi connectivity index (χ4n) is 5.36. The standard InChI is InChI=1S/C32H39FN6O2/c1-32(2,3)41-31(40)36-26-17-11-23(12-18-26)20-28-37-29(24-13-15-25(33)16-14-24)27-21-35-30(38-39(27)28)34-19-7-10-22-8-5-4-6-9-22/h4-6,8-9,13-16,21,23,26H,7,10-12,17-20H2,1-3H3,(H,34,38)(H,36,40)/t23-,26-. The van der Waals surface area contributed by atoms with Gasteiger partial charge in [0.15, 0.2) is 0 Å². The molecule has 0 aliphatic heterocycles. The van der Waals surface area contributed by atoms with E-state index < -0.39 is 5.60 Å². The maximum atomic E-state index is 13.6. The molecule has 2 heterocycles. The topological polar surface area (TPSA) is 93.4 Å². The molecule has 0 radical (unpaired) electrons. The molecule has 216 valence electrons. The Balaban J connectivity index is 1.28. The van der Waals surface area contributed by atoms with Crippen LogP contribution in [0.2, 0.25) is 0 Å². The number of aryl methyl sites for hydroxylation is 1. The van der Waals surface area contributed by atoms with Gasteiger partial charge >= 0.3 is 6.09 Å². The predicted octanol–water partition coefficient (Wildman–Crippen LogP) is 6.60. The van der Waals surface area contributed by atoms with E-state index in [1.807, 2.05) is 31.4 Å². The molecule has 4 aromatic rings. The first-order valence-electron chi connectivity index (χ1n) is 14.5. The first kappa shape index (κ1) is 28.5. The monoisotopic (exact) mass is 558 g/mol. The van der Waals surface area contributed by atoms with E-state index in [0.29, 0.717) is 11.9 Å². The molecule has 1 fully saturated rings. The molecule has 1 saturated carbocycles. The van der Waals surface area contributed by atoms with Gasteiger partial charge in [-0.3, -0.25) is 0 Å². The Morgan fingerprint density at radius 3 is 2.49 bits per heavy atom. The molecule has 9 heteroatoms. The van der Waals surface area contributed by atoms with Gasteiger partial charge in [0.05, 0.1) is 11.9 Å². The normalized spacial score (nSPS) is 17.4. The molecule has 0 saturated heterocycles. The van der Waals surface area contributed by atoms with Crippen LogP contribution < -0.4 is 10.6 Å².